The molecule has 0 atom stereocenters. The molecule has 1 aliphatic heterocycles. The number of aromatic hydroxyl groups is 1. The zero-order chi connectivity index (χ0) is 10.3. The minimum Gasteiger partial charge on any atom is -0.504 e. The van der Waals surface area contributed by atoms with Crippen LogP contribution in [0.15, 0.2) is 0 Å². The van der Waals surface area contributed by atoms with Gasteiger partial charge in [-0.3, -0.25) is 14.3 Å². The number of rotatable bonds is 1. The molecule has 14 heavy (non-hydrogen) atoms. The highest BCUT2D eigenvalue weighted by molar-refractivity contribution is 6.02. The van der Waals surface area contributed by atoms with Crippen molar-refractivity contribution < 1.29 is 14.7 Å². The third-order valence-corrected chi connectivity index (χ3v) is 2.09. The maximum atomic E-state index is 11.3. The number of nitrogens with one attached hydrogen (secondary N) is 1. The van der Waals surface area contributed by atoms with E-state index in [0.29, 0.717) is 13.1 Å². The number of fused-ring (bicyclic) bond motifs is 1. The Morgan fingerprint density at radius 2 is 2.36 bits per heavy atom. The van der Waals surface area contributed by atoms with E-state index in [4.69, 9.17) is 0 Å². The van der Waals surface area contributed by atoms with Crippen molar-refractivity contribution in [3.8, 4) is 5.75 Å². The SMILES string of the molecule is CC(=O)c1nn2c(c1O)C(=O)NCC2. The molecule has 2 N–H and O–H groups in total. The molecule has 2 rings (SSSR count). The molecule has 0 saturated carbocycles. The first-order valence-electron chi connectivity index (χ1n) is 4.20. The fraction of sp³-hybridized carbons (Fsp3) is 0.375. The Hall–Kier alpha value is -1.85. The van der Waals surface area contributed by atoms with E-state index < -0.39 is 5.91 Å². The van der Waals surface area contributed by atoms with Crippen LogP contribution in [0, 0.1) is 0 Å². The van der Waals surface area contributed by atoms with E-state index in [0.717, 1.165) is 0 Å². The number of carbonyl (C=O) groups excluding carboxylic acids is 2. The Kier molecular flexibility index (Phi) is 1.77. The van der Waals surface area contributed by atoms with Crippen molar-refractivity contribution in [1.29, 1.82) is 0 Å². The molecule has 1 aromatic rings. The van der Waals surface area contributed by atoms with Crippen LogP contribution in [-0.2, 0) is 6.54 Å². The molecule has 2 heterocycles. The quantitative estimate of drug-likeness (QED) is 0.593. The van der Waals surface area contributed by atoms with E-state index in [9.17, 15) is 14.7 Å². The largest absolute Gasteiger partial charge is 0.504 e. The first-order chi connectivity index (χ1) is 6.61. The van der Waals surface area contributed by atoms with Crippen LogP contribution in [0.1, 0.15) is 27.9 Å². The van der Waals surface area contributed by atoms with Crippen LogP contribution in [0.25, 0.3) is 0 Å². The lowest BCUT2D eigenvalue weighted by Gasteiger charge is -2.13. The highest BCUT2D eigenvalue weighted by Gasteiger charge is 2.27. The lowest BCUT2D eigenvalue weighted by Crippen LogP contribution is -2.35. The molecule has 0 fully saturated rings. The zero-order valence-electron chi connectivity index (χ0n) is 7.57. The van der Waals surface area contributed by atoms with Crippen LogP contribution >= 0.6 is 0 Å². The minimum absolute atomic E-state index is 0.0444. The second-order valence-electron chi connectivity index (χ2n) is 3.08. The van der Waals surface area contributed by atoms with Gasteiger partial charge in [-0.1, -0.05) is 0 Å². The topological polar surface area (TPSA) is 84.2 Å². The Balaban J connectivity index is 2.60. The summed E-state index contributed by atoms with van der Waals surface area (Å²) in [5.74, 6) is -1.07. The number of ketones is 1. The average Bonchev–Trinajstić information content (AvgIpc) is 2.45. The first kappa shape index (κ1) is 8.74. The molecule has 1 aromatic heterocycles. The smallest absolute Gasteiger partial charge is 0.273 e. The third-order valence-electron chi connectivity index (χ3n) is 2.09. The molecule has 0 spiro atoms. The van der Waals surface area contributed by atoms with Gasteiger partial charge in [0.25, 0.3) is 5.91 Å². The van der Waals surface area contributed by atoms with Crippen molar-refractivity contribution in [1.82, 2.24) is 15.1 Å². The summed E-state index contributed by atoms with van der Waals surface area (Å²) < 4.78 is 1.35. The molecule has 6 nitrogen and oxygen atoms in total. The third kappa shape index (κ3) is 1.07. The number of aromatic nitrogens is 2. The van der Waals surface area contributed by atoms with Gasteiger partial charge in [0, 0.05) is 13.5 Å². The molecule has 0 bridgehead atoms. The molecule has 6 heteroatoms. The minimum atomic E-state index is -0.395. The average molecular weight is 195 g/mol. The van der Waals surface area contributed by atoms with Crippen LogP contribution in [-0.4, -0.2) is 33.1 Å². The Bertz CT molecular complexity index is 422. The maximum Gasteiger partial charge on any atom is 0.273 e. The van der Waals surface area contributed by atoms with Crippen molar-refractivity contribution in [2.45, 2.75) is 13.5 Å². The molecule has 1 amide bonds. The highest BCUT2D eigenvalue weighted by atomic mass is 16.3. The van der Waals surface area contributed by atoms with Crippen LogP contribution in [0.5, 0.6) is 5.75 Å². The van der Waals surface area contributed by atoms with E-state index in [-0.39, 0.29) is 22.9 Å². The predicted octanol–water partition coefficient (Wildman–Crippen LogP) is -0.465. The number of hydrogen-bond acceptors (Lipinski definition) is 4. The lowest BCUT2D eigenvalue weighted by atomic mass is 10.2. The molecule has 0 unspecified atom stereocenters. The fourth-order valence-corrected chi connectivity index (χ4v) is 1.44. The summed E-state index contributed by atoms with van der Waals surface area (Å²) in [6, 6.07) is 0. The van der Waals surface area contributed by atoms with E-state index >= 15 is 0 Å². The van der Waals surface area contributed by atoms with Crippen molar-refractivity contribution in [2.75, 3.05) is 6.54 Å². The monoisotopic (exact) mass is 195 g/mol. The van der Waals surface area contributed by atoms with Gasteiger partial charge in [0.05, 0.1) is 6.54 Å². The number of Topliss-reactive ketones (excluding diaryl/α,β-unsaturated/α-hetero) is 1. The van der Waals surface area contributed by atoms with Gasteiger partial charge in [0.2, 0.25) is 0 Å². The number of nitrogens with zero attached hydrogens (tertiary/aromatic N) is 2. The van der Waals surface area contributed by atoms with Gasteiger partial charge in [-0.25, -0.2) is 0 Å². The van der Waals surface area contributed by atoms with Gasteiger partial charge in [0.15, 0.2) is 22.9 Å². The molecular weight excluding hydrogens is 186 g/mol. The van der Waals surface area contributed by atoms with E-state index in [2.05, 4.69) is 10.4 Å². The summed E-state index contributed by atoms with van der Waals surface area (Å²) in [5.41, 5.74) is 0.0264. The summed E-state index contributed by atoms with van der Waals surface area (Å²) in [5, 5.41) is 16.0. The van der Waals surface area contributed by atoms with Gasteiger partial charge >= 0.3 is 0 Å². The van der Waals surface area contributed by atoms with Gasteiger partial charge in [0.1, 0.15) is 0 Å². The molecular formula is C8H9N3O3. The zero-order valence-corrected chi connectivity index (χ0v) is 7.57. The summed E-state index contributed by atoms with van der Waals surface area (Å²) in [6.07, 6.45) is 0. The normalized spacial score (nSPS) is 14.8. The molecule has 1 aliphatic rings. The second-order valence-corrected chi connectivity index (χ2v) is 3.08. The van der Waals surface area contributed by atoms with Crippen molar-refractivity contribution in [3.05, 3.63) is 11.4 Å². The van der Waals surface area contributed by atoms with Crippen LogP contribution in [0.3, 0.4) is 0 Å². The molecule has 74 valence electrons. The second kappa shape index (κ2) is 2.83. The Morgan fingerprint density at radius 3 is 2.93 bits per heavy atom. The molecule has 0 saturated heterocycles. The van der Waals surface area contributed by atoms with Crippen LogP contribution in [0.4, 0.5) is 0 Å². The van der Waals surface area contributed by atoms with E-state index in [1.54, 1.807) is 0 Å². The van der Waals surface area contributed by atoms with Gasteiger partial charge in [-0.2, -0.15) is 5.10 Å². The number of hydrogen-bond donors (Lipinski definition) is 2. The lowest BCUT2D eigenvalue weighted by molar-refractivity contribution is 0.0920. The number of carbonyl (C=O) groups is 2. The fourth-order valence-electron chi connectivity index (χ4n) is 1.44. The van der Waals surface area contributed by atoms with E-state index in [1.807, 2.05) is 0 Å². The van der Waals surface area contributed by atoms with Crippen LogP contribution in [0.2, 0.25) is 0 Å². The van der Waals surface area contributed by atoms with Crippen molar-refractivity contribution in [3.63, 3.8) is 0 Å². The molecule has 0 aromatic carbocycles. The van der Waals surface area contributed by atoms with Gasteiger partial charge in [-0.05, 0) is 0 Å². The maximum absolute atomic E-state index is 11.3. The van der Waals surface area contributed by atoms with Gasteiger partial charge < -0.3 is 10.4 Å². The standard InChI is InChI=1S/C8H9N3O3/c1-4(12)5-7(13)6-8(14)9-2-3-11(6)10-5/h13H,2-3H2,1H3,(H,9,14). The van der Waals surface area contributed by atoms with Gasteiger partial charge in [-0.15, -0.1) is 0 Å². The van der Waals surface area contributed by atoms with Crippen molar-refractivity contribution in [2.24, 2.45) is 0 Å². The first-order valence-corrected chi connectivity index (χ1v) is 4.20. The Labute approximate surface area is 79.5 Å². The molecule has 0 radical (unpaired) electrons. The predicted molar refractivity (Wildman–Crippen MR) is 46.2 cm³/mol. The Morgan fingerprint density at radius 1 is 1.64 bits per heavy atom. The van der Waals surface area contributed by atoms with Crippen LogP contribution < -0.4 is 5.32 Å². The van der Waals surface area contributed by atoms with E-state index in [1.165, 1.54) is 11.6 Å². The highest BCUT2D eigenvalue weighted by Crippen LogP contribution is 2.23. The number of amides is 1. The summed E-state index contributed by atoms with van der Waals surface area (Å²) in [7, 11) is 0. The molecule has 0 aliphatic carbocycles. The summed E-state index contributed by atoms with van der Waals surface area (Å²) in [6.45, 7) is 2.23. The summed E-state index contributed by atoms with van der Waals surface area (Å²) >= 11 is 0. The summed E-state index contributed by atoms with van der Waals surface area (Å²) in [4.78, 5) is 22.3. The van der Waals surface area contributed by atoms with Crippen molar-refractivity contribution >= 4 is 11.7 Å².